The van der Waals surface area contributed by atoms with Gasteiger partial charge in [0.15, 0.2) is 13.2 Å². The summed E-state index contributed by atoms with van der Waals surface area (Å²) in [6, 6.07) is 28.0. The number of ether oxygens (including phenoxy) is 1. The largest absolute Gasteiger partial charge is 0.465 e. The number of likely N-dealkylation sites (tertiary alicyclic amines) is 1. The van der Waals surface area contributed by atoms with Crippen LogP contribution in [0.5, 0.6) is 0 Å². The van der Waals surface area contributed by atoms with Gasteiger partial charge < -0.3 is 9.30 Å². The zero-order chi connectivity index (χ0) is 26.8. The van der Waals surface area contributed by atoms with E-state index in [1.165, 1.54) is 40.3 Å². The Bertz CT molecular complexity index is 1570. The number of esters is 1. The number of H-pyrrole nitrogens is 1. The maximum Gasteiger partial charge on any atom is 0.337 e. The van der Waals surface area contributed by atoms with Crippen molar-refractivity contribution in [3.8, 4) is 11.3 Å². The third kappa shape index (κ3) is 5.52. The summed E-state index contributed by atoms with van der Waals surface area (Å²) in [6.45, 7) is 4.00. The molecule has 1 fully saturated rings. The topological polar surface area (TPSA) is 54.1 Å². The molecule has 1 aliphatic rings. The highest BCUT2D eigenvalue weighted by atomic mass is 16.5. The van der Waals surface area contributed by atoms with E-state index in [1.54, 1.807) is 0 Å². The number of nitrogens with zero attached hydrogens (tertiary/aromatic N) is 3. The molecule has 6 heteroatoms. The Labute approximate surface area is 229 Å². The molecule has 0 radical (unpaired) electrons. The number of methoxy groups -OCH3 is 1. The number of hydrogen-bond acceptors (Lipinski definition) is 3. The fourth-order valence-corrected chi connectivity index (χ4v) is 5.78. The zero-order valence-electron chi connectivity index (χ0n) is 22.6. The number of benzene rings is 3. The highest BCUT2D eigenvalue weighted by molar-refractivity contribution is 5.89. The van der Waals surface area contributed by atoms with Gasteiger partial charge >= 0.3 is 5.97 Å². The summed E-state index contributed by atoms with van der Waals surface area (Å²) in [6.07, 6.45) is 6.50. The third-order valence-corrected chi connectivity index (χ3v) is 8.01. The zero-order valence-corrected chi connectivity index (χ0v) is 22.6. The second kappa shape index (κ2) is 10.9. The van der Waals surface area contributed by atoms with Crippen LogP contribution in [0, 0.1) is 0 Å². The number of aromatic nitrogens is 3. The van der Waals surface area contributed by atoms with Gasteiger partial charge in [0.1, 0.15) is 5.69 Å². The summed E-state index contributed by atoms with van der Waals surface area (Å²) < 4.78 is 9.11. The van der Waals surface area contributed by atoms with Crippen molar-refractivity contribution in [2.24, 2.45) is 7.05 Å². The molecule has 198 valence electrons. The van der Waals surface area contributed by atoms with Gasteiger partial charge in [0, 0.05) is 36.4 Å². The molecule has 39 heavy (non-hydrogen) atoms. The Kier molecular flexibility index (Phi) is 7.03. The van der Waals surface area contributed by atoms with Gasteiger partial charge in [-0.05, 0) is 84.3 Å². The molecule has 2 aromatic heterocycles. The van der Waals surface area contributed by atoms with Crippen molar-refractivity contribution < 1.29 is 14.2 Å². The predicted octanol–water partition coefficient (Wildman–Crippen LogP) is 5.68. The van der Waals surface area contributed by atoms with E-state index >= 15 is 0 Å². The van der Waals surface area contributed by atoms with Crippen molar-refractivity contribution in [1.82, 2.24) is 14.6 Å². The van der Waals surface area contributed by atoms with Crippen molar-refractivity contribution in [1.29, 1.82) is 0 Å². The van der Waals surface area contributed by atoms with Crippen molar-refractivity contribution >= 4 is 16.9 Å². The fraction of sp³-hybridized carbons (Fsp3) is 0.273. The first-order valence-corrected chi connectivity index (χ1v) is 13.7. The average molecular weight is 520 g/mol. The molecule has 0 unspecified atom stereocenters. The molecule has 3 aromatic carbocycles. The van der Waals surface area contributed by atoms with Crippen LogP contribution in [-0.2, 0) is 24.9 Å². The summed E-state index contributed by atoms with van der Waals surface area (Å²) in [5, 5.41) is 4.62. The fourth-order valence-electron chi connectivity index (χ4n) is 5.78. The number of carbonyl (C=O) groups is 1. The summed E-state index contributed by atoms with van der Waals surface area (Å²) in [7, 11) is 3.42. The van der Waals surface area contributed by atoms with Crippen molar-refractivity contribution in [2.75, 3.05) is 20.2 Å². The van der Waals surface area contributed by atoms with E-state index in [0.29, 0.717) is 11.5 Å². The van der Waals surface area contributed by atoms with Gasteiger partial charge in [-0.3, -0.25) is 4.90 Å². The molecule has 6 nitrogen and oxygen atoms in total. The number of carbonyl (C=O) groups excluding carboxylic acids is 1. The minimum absolute atomic E-state index is 0.278. The molecule has 0 spiro atoms. The van der Waals surface area contributed by atoms with Gasteiger partial charge in [-0.1, -0.05) is 42.5 Å². The van der Waals surface area contributed by atoms with Gasteiger partial charge in [0.2, 0.25) is 0 Å². The highest BCUT2D eigenvalue weighted by Crippen LogP contribution is 2.29. The monoisotopic (exact) mass is 519 g/mol. The second-order valence-electron chi connectivity index (χ2n) is 10.6. The number of aromatic amines is 1. The molecule has 1 saturated heterocycles. The lowest BCUT2D eigenvalue weighted by molar-refractivity contribution is -0.726. The normalized spacial score (nSPS) is 14.6. The van der Waals surface area contributed by atoms with E-state index in [9.17, 15) is 4.79 Å². The summed E-state index contributed by atoms with van der Waals surface area (Å²) in [5.74, 6) is 0.268. The number of aryl methyl sites for hydroxylation is 1. The van der Waals surface area contributed by atoms with E-state index in [-0.39, 0.29) is 5.97 Å². The maximum absolute atomic E-state index is 11.7. The van der Waals surface area contributed by atoms with Crippen LogP contribution in [0.25, 0.3) is 22.2 Å². The van der Waals surface area contributed by atoms with Crippen LogP contribution in [0.4, 0.5) is 0 Å². The van der Waals surface area contributed by atoms with Gasteiger partial charge in [0.25, 0.3) is 0 Å². The molecule has 3 heterocycles. The molecule has 0 aliphatic carbocycles. The van der Waals surface area contributed by atoms with Crippen LogP contribution >= 0.6 is 0 Å². The van der Waals surface area contributed by atoms with E-state index < -0.39 is 0 Å². The number of nitrogens with one attached hydrogen (secondary N) is 1. The lowest BCUT2D eigenvalue weighted by atomic mass is 9.89. The number of rotatable bonds is 7. The first-order chi connectivity index (χ1) is 19.1. The van der Waals surface area contributed by atoms with Crippen molar-refractivity contribution in [2.45, 2.75) is 31.8 Å². The van der Waals surface area contributed by atoms with Gasteiger partial charge in [-0.25, -0.2) is 4.79 Å². The molecule has 0 bridgehead atoms. The van der Waals surface area contributed by atoms with Crippen LogP contribution in [-0.4, -0.2) is 40.7 Å². The lowest BCUT2D eigenvalue weighted by Crippen LogP contribution is -2.32. The first kappa shape index (κ1) is 25.1. The smallest absolute Gasteiger partial charge is 0.337 e. The van der Waals surface area contributed by atoms with Crippen molar-refractivity contribution in [3.05, 3.63) is 114 Å². The van der Waals surface area contributed by atoms with Crippen LogP contribution in [0.2, 0.25) is 0 Å². The third-order valence-electron chi connectivity index (χ3n) is 8.01. The van der Waals surface area contributed by atoms with E-state index in [4.69, 9.17) is 4.74 Å². The highest BCUT2D eigenvalue weighted by Gasteiger charge is 2.21. The molecule has 5 aromatic rings. The Morgan fingerprint density at radius 2 is 1.67 bits per heavy atom. The molecule has 0 atom stereocenters. The van der Waals surface area contributed by atoms with Crippen LogP contribution in [0.1, 0.15) is 45.8 Å². The van der Waals surface area contributed by atoms with Crippen LogP contribution in [0.3, 0.4) is 0 Å². The minimum Gasteiger partial charge on any atom is -0.465 e. The maximum atomic E-state index is 11.7. The van der Waals surface area contributed by atoms with Gasteiger partial charge in [-0.15, -0.1) is 4.68 Å². The van der Waals surface area contributed by atoms with E-state index in [2.05, 4.69) is 87.5 Å². The average Bonchev–Trinajstić information content (AvgIpc) is 3.59. The number of fused-ring (bicyclic) bond motifs is 1. The minimum atomic E-state index is -0.278. The van der Waals surface area contributed by atoms with E-state index in [1.807, 2.05) is 30.1 Å². The second-order valence-corrected chi connectivity index (χ2v) is 10.6. The number of hydrogen-bond donors (Lipinski definition) is 1. The van der Waals surface area contributed by atoms with E-state index in [0.717, 1.165) is 44.7 Å². The molecule has 1 N–H and O–H groups in total. The summed E-state index contributed by atoms with van der Waals surface area (Å²) in [5.41, 5.74) is 8.18. The molecular weight excluding hydrogens is 484 g/mol. The van der Waals surface area contributed by atoms with Gasteiger partial charge in [-0.2, -0.15) is 5.10 Å². The van der Waals surface area contributed by atoms with Crippen molar-refractivity contribution in [3.63, 3.8) is 0 Å². The predicted molar refractivity (Wildman–Crippen MR) is 153 cm³/mol. The van der Waals surface area contributed by atoms with Crippen LogP contribution in [0.15, 0.2) is 91.3 Å². The molecule has 0 amide bonds. The standard InChI is InChI=1S/C33H34N4O2/c1-35-17-16-31(34-35)28-6-3-24(4-7-28)23-37-20-15-30-21-25(5-12-32(30)37)22-36-18-13-27(14-19-36)26-8-10-29(11-9-26)33(38)39-2/h3-12,15-17,20-21,27H,13-14,18-19,22-23H2,1-2H3/p+1. The summed E-state index contributed by atoms with van der Waals surface area (Å²) >= 11 is 0. The molecule has 1 aliphatic heterocycles. The Morgan fingerprint density at radius 1 is 0.923 bits per heavy atom. The SMILES string of the molecule is COC(=O)c1ccc(C2CCN(Cc3ccc4c(ccn4Cc4ccc(-c5cc[n+](C)[nH]5)cc4)c3)CC2)cc1. The number of piperidine rings is 1. The lowest BCUT2D eigenvalue weighted by Gasteiger charge is -2.32. The van der Waals surface area contributed by atoms with Gasteiger partial charge in [0.05, 0.1) is 12.7 Å². The Morgan fingerprint density at radius 3 is 2.36 bits per heavy atom. The molecule has 6 rings (SSSR count). The first-order valence-electron chi connectivity index (χ1n) is 13.7. The molecule has 0 saturated carbocycles. The molecular formula is C33H35N4O2+. The Balaban J connectivity index is 1.06. The quantitative estimate of drug-likeness (QED) is 0.223. The van der Waals surface area contributed by atoms with Crippen LogP contribution < -0.4 is 4.68 Å². The Hall–Kier alpha value is -4.16. The summed E-state index contributed by atoms with van der Waals surface area (Å²) in [4.78, 5) is 14.3.